The first-order valence-electron chi connectivity index (χ1n) is 4.24. The number of rotatable bonds is 4. The maximum absolute atomic E-state index is 11.1. The fourth-order valence-corrected chi connectivity index (χ4v) is 1.36. The van der Waals surface area contributed by atoms with Crippen molar-refractivity contribution >= 4 is 23.3 Å². The minimum atomic E-state index is -1.07. The van der Waals surface area contributed by atoms with Crippen LogP contribution < -0.4 is 10.6 Å². The SMILES string of the molecule is C[C@H](NC(=O)NCc1cscn1)C(=O)O. The highest BCUT2D eigenvalue weighted by molar-refractivity contribution is 7.07. The summed E-state index contributed by atoms with van der Waals surface area (Å²) < 4.78 is 0. The number of amides is 2. The van der Waals surface area contributed by atoms with Crippen LogP contribution in [0.5, 0.6) is 0 Å². The highest BCUT2D eigenvalue weighted by Gasteiger charge is 2.13. The normalized spacial score (nSPS) is 11.8. The van der Waals surface area contributed by atoms with Crippen LogP contribution in [-0.4, -0.2) is 28.1 Å². The van der Waals surface area contributed by atoms with Crippen molar-refractivity contribution in [2.45, 2.75) is 19.5 Å². The molecule has 7 heteroatoms. The van der Waals surface area contributed by atoms with Crippen molar-refractivity contribution in [2.24, 2.45) is 0 Å². The summed E-state index contributed by atoms with van der Waals surface area (Å²) >= 11 is 1.43. The number of nitrogens with one attached hydrogen (secondary N) is 2. The zero-order valence-corrected chi connectivity index (χ0v) is 8.87. The molecule has 6 nitrogen and oxygen atoms in total. The van der Waals surface area contributed by atoms with Gasteiger partial charge in [0.2, 0.25) is 0 Å². The minimum Gasteiger partial charge on any atom is -0.480 e. The summed E-state index contributed by atoms with van der Waals surface area (Å²) in [7, 11) is 0. The van der Waals surface area contributed by atoms with E-state index >= 15 is 0 Å². The fraction of sp³-hybridized carbons (Fsp3) is 0.375. The van der Waals surface area contributed by atoms with Crippen molar-refractivity contribution in [3.63, 3.8) is 0 Å². The second kappa shape index (κ2) is 5.30. The van der Waals surface area contributed by atoms with Gasteiger partial charge in [0.25, 0.3) is 0 Å². The summed E-state index contributed by atoms with van der Waals surface area (Å²) in [5.74, 6) is -1.07. The molecule has 1 atom stereocenters. The largest absolute Gasteiger partial charge is 0.480 e. The lowest BCUT2D eigenvalue weighted by molar-refractivity contribution is -0.138. The molecule has 0 unspecified atom stereocenters. The molecule has 3 N–H and O–H groups in total. The molecule has 0 spiro atoms. The second-order valence-electron chi connectivity index (χ2n) is 2.87. The highest BCUT2D eigenvalue weighted by atomic mass is 32.1. The summed E-state index contributed by atoms with van der Waals surface area (Å²) in [5, 5.41) is 15.1. The van der Waals surface area contributed by atoms with E-state index in [1.807, 2.05) is 0 Å². The molecule has 15 heavy (non-hydrogen) atoms. The van der Waals surface area contributed by atoms with Crippen LogP contribution in [0.15, 0.2) is 10.9 Å². The first-order valence-corrected chi connectivity index (χ1v) is 5.18. The van der Waals surface area contributed by atoms with Gasteiger partial charge in [-0.3, -0.25) is 4.79 Å². The van der Waals surface area contributed by atoms with Crippen LogP contribution in [0.25, 0.3) is 0 Å². The Morgan fingerprint density at radius 3 is 2.93 bits per heavy atom. The van der Waals surface area contributed by atoms with Crippen LogP contribution in [0.4, 0.5) is 4.79 Å². The Morgan fingerprint density at radius 1 is 1.67 bits per heavy atom. The molecule has 0 saturated heterocycles. The molecule has 0 bridgehead atoms. The zero-order chi connectivity index (χ0) is 11.3. The fourth-order valence-electron chi connectivity index (χ4n) is 0.805. The number of aromatic nitrogens is 1. The van der Waals surface area contributed by atoms with Gasteiger partial charge in [0.1, 0.15) is 6.04 Å². The number of thiazole rings is 1. The molecule has 0 aliphatic carbocycles. The van der Waals surface area contributed by atoms with E-state index in [4.69, 9.17) is 5.11 Å². The van der Waals surface area contributed by atoms with Gasteiger partial charge in [-0.05, 0) is 6.92 Å². The van der Waals surface area contributed by atoms with Gasteiger partial charge in [-0.1, -0.05) is 0 Å². The van der Waals surface area contributed by atoms with Gasteiger partial charge < -0.3 is 15.7 Å². The third-order valence-electron chi connectivity index (χ3n) is 1.63. The van der Waals surface area contributed by atoms with E-state index in [9.17, 15) is 9.59 Å². The van der Waals surface area contributed by atoms with Gasteiger partial charge >= 0.3 is 12.0 Å². The monoisotopic (exact) mass is 229 g/mol. The van der Waals surface area contributed by atoms with E-state index < -0.39 is 18.0 Å². The van der Waals surface area contributed by atoms with Crippen LogP contribution in [0, 0.1) is 0 Å². The summed E-state index contributed by atoms with van der Waals surface area (Å²) in [4.78, 5) is 25.5. The molecular weight excluding hydrogens is 218 g/mol. The molecule has 1 aromatic heterocycles. The number of hydrogen-bond donors (Lipinski definition) is 3. The molecule has 0 aliphatic rings. The van der Waals surface area contributed by atoms with Crippen molar-refractivity contribution < 1.29 is 14.7 Å². The van der Waals surface area contributed by atoms with Gasteiger partial charge in [-0.15, -0.1) is 11.3 Å². The quantitative estimate of drug-likeness (QED) is 0.697. The first-order chi connectivity index (χ1) is 7.09. The predicted molar refractivity (Wildman–Crippen MR) is 54.6 cm³/mol. The van der Waals surface area contributed by atoms with Gasteiger partial charge in [-0.25, -0.2) is 9.78 Å². The average Bonchev–Trinajstić information content (AvgIpc) is 2.66. The van der Waals surface area contributed by atoms with Gasteiger partial charge in [-0.2, -0.15) is 0 Å². The van der Waals surface area contributed by atoms with Crippen molar-refractivity contribution in [2.75, 3.05) is 0 Å². The van der Waals surface area contributed by atoms with Crippen LogP contribution in [-0.2, 0) is 11.3 Å². The zero-order valence-electron chi connectivity index (χ0n) is 8.06. The molecule has 0 fully saturated rings. The predicted octanol–water partition coefficient (Wildman–Crippen LogP) is 0.415. The van der Waals surface area contributed by atoms with E-state index in [-0.39, 0.29) is 0 Å². The molecule has 0 aromatic carbocycles. The number of urea groups is 1. The average molecular weight is 229 g/mol. The van der Waals surface area contributed by atoms with Crippen molar-refractivity contribution in [3.8, 4) is 0 Å². The Morgan fingerprint density at radius 2 is 2.40 bits per heavy atom. The van der Waals surface area contributed by atoms with Gasteiger partial charge in [0.05, 0.1) is 17.7 Å². The van der Waals surface area contributed by atoms with Crippen LogP contribution in [0.1, 0.15) is 12.6 Å². The van der Waals surface area contributed by atoms with Crippen LogP contribution >= 0.6 is 11.3 Å². The number of nitrogens with zero attached hydrogens (tertiary/aromatic N) is 1. The van der Waals surface area contributed by atoms with Crippen LogP contribution in [0.2, 0.25) is 0 Å². The molecule has 1 rings (SSSR count). The topological polar surface area (TPSA) is 91.3 Å². The smallest absolute Gasteiger partial charge is 0.325 e. The van der Waals surface area contributed by atoms with Gasteiger partial charge in [0, 0.05) is 5.38 Å². The maximum atomic E-state index is 11.1. The summed E-state index contributed by atoms with van der Waals surface area (Å²) in [5.41, 5.74) is 2.41. The molecule has 0 aliphatic heterocycles. The first kappa shape index (κ1) is 11.4. The van der Waals surface area contributed by atoms with Crippen molar-refractivity contribution in [1.29, 1.82) is 0 Å². The van der Waals surface area contributed by atoms with E-state index in [1.54, 1.807) is 10.9 Å². The maximum Gasteiger partial charge on any atom is 0.325 e. The summed E-state index contributed by atoms with van der Waals surface area (Å²) in [6.45, 7) is 1.69. The number of carbonyl (C=O) groups excluding carboxylic acids is 1. The Balaban J connectivity index is 2.28. The Bertz CT molecular complexity index is 339. The third kappa shape index (κ3) is 3.94. The van der Waals surface area contributed by atoms with E-state index in [2.05, 4.69) is 15.6 Å². The van der Waals surface area contributed by atoms with E-state index in [1.165, 1.54) is 18.3 Å². The number of carboxylic acids is 1. The highest BCUT2D eigenvalue weighted by Crippen LogP contribution is 1.99. The lowest BCUT2D eigenvalue weighted by Crippen LogP contribution is -2.44. The van der Waals surface area contributed by atoms with Crippen molar-refractivity contribution in [3.05, 3.63) is 16.6 Å². The lowest BCUT2D eigenvalue weighted by atomic mass is 10.3. The Labute approximate surface area is 90.3 Å². The molecule has 0 radical (unpaired) electrons. The van der Waals surface area contributed by atoms with Gasteiger partial charge in [0.15, 0.2) is 0 Å². The molecule has 1 heterocycles. The summed E-state index contributed by atoms with van der Waals surface area (Å²) in [6, 6.07) is -1.42. The van der Waals surface area contributed by atoms with Crippen molar-refractivity contribution in [1.82, 2.24) is 15.6 Å². The number of carbonyl (C=O) groups is 2. The molecule has 0 saturated carbocycles. The lowest BCUT2D eigenvalue weighted by Gasteiger charge is -2.09. The van der Waals surface area contributed by atoms with E-state index in [0.29, 0.717) is 6.54 Å². The number of aliphatic carboxylic acids is 1. The second-order valence-corrected chi connectivity index (χ2v) is 3.59. The molecule has 1 aromatic rings. The standard InChI is InChI=1S/C8H11N3O3S/c1-5(7(12)13)11-8(14)9-2-6-3-15-4-10-6/h3-5H,2H2,1H3,(H,12,13)(H2,9,11,14)/t5-/m0/s1. The number of hydrogen-bond acceptors (Lipinski definition) is 4. The Kier molecular flexibility index (Phi) is 4.04. The van der Waals surface area contributed by atoms with E-state index in [0.717, 1.165) is 5.69 Å². The Hall–Kier alpha value is -1.63. The molecular formula is C8H11N3O3S. The summed E-state index contributed by atoms with van der Waals surface area (Å²) in [6.07, 6.45) is 0. The number of carboxylic acid groups (broad SMARTS) is 1. The third-order valence-corrected chi connectivity index (χ3v) is 2.27. The van der Waals surface area contributed by atoms with Crippen LogP contribution in [0.3, 0.4) is 0 Å². The molecule has 82 valence electrons. The molecule has 2 amide bonds. The minimum absolute atomic E-state index is 0.293.